The molecule has 29 heavy (non-hydrogen) atoms. The molecule has 2 aromatic carbocycles. The minimum absolute atomic E-state index is 0.00936. The number of hydrogen-bond donors (Lipinski definition) is 0. The van der Waals surface area contributed by atoms with Crippen LogP contribution in [0.1, 0.15) is 18.4 Å². The van der Waals surface area contributed by atoms with Gasteiger partial charge >= 0.3 is 0 Å². The molecule has 1 saturated heterocycles. The molecule has 0 bridgehead atoms. The maximum absolute atomic E-state index is 13.3. The normalized spacial score (nSPS) is 15.6. The fourth-order valence-corrected chi connectivity index (χ4v) is 6.78. The second-order valence-corrected chi connectivity index (χ2v) is 10.6. The zero-order chi connectivity index (χ0) is 20.6. The third-order valence-corrected chi connectivity index (χ3v) is 8.91. The monoisotopic (exact) mass is 450 g/mol. The number of aromatic nitrogens is 1. The molecule has 8 heteroatoms. The van der Waals surface area contributed by atoms with E-state index >= 15 is 0 Å². The van der Waals surface area contributed by atoms with Gasteiger partial charge in [0, 0.05) is 24.0 Å². The molecule has 0 amide bonds. The van der Waals surface area contributed by atoms with Crippen molar-refractivity contribution in [3.8, 4) is 11.3 Å². The van der Waals surface area contributed by atoms with Crippen molar-refractivity contribution in [1.29, 1.82) is 0 Å². The van der Waals surface area contributed by atoms with Crippen molar-refractivity contribution in [2.45, 2.75) is 29.9 Å². The lowest BCUT2D eigenvalue weighted by molar-refractivity contribution is 0.529. The Bertz CT molecular complexity index is 1140. The van der Waals surface area contributed by atoms with Crippen molar-refractivity contribution in [3.05, 3.63) is 64.2 Å². The largest absolute Gasteiger partial charge is 0.348 e. The lowest BCUT2D eigenvalue weighted by Crippen LogP contribution is -2.39. The third kappa shape index (κ3) is 4.04. The number of hydrogen-bond acceptors (Lipinski definition) is 5. The standard InChI is InChI=1S/C21H20ClFN2O2S2/c1-14-4-2-3-5-17(14)19-13-28-21(24-19)25-10-8-16(9-11-25)29(26,27)20-7-6-15(23)12-18(20)22/h2-7,12-13,16H,8-11H2,1H3. The summed E-state index contributed by atoms with van der Waals surface area (Å²) in [6.45, 7) is 3.26. The first-order valence-electron chi connectivity index (χ1n) is 9.31. The van der Waals surface area contributed by atoms with Gasteiger partial charge in [0.1, 0.15) is 5.82 Å². The number of halogens is 2. The summed E-state index contributed by atoms with van der Waals surface area (Å²) in [5.41, 5.74) is 3.22. The van der Waals surface area contributed by atoms with Crippen molar-refractivity contribution >= 4 is 37.9 Å². The predicted octanol–water partition coefficient (Wildman–Crippen LogP) is 5.35. The summed E-state index contributed by atoms with van der Waals surface area (Å²) < 4.78 is 39.2. The van der Waals surface area contributed by atoms with Crippen LogP contribution in [0.15, 0.2) is 52.7 Å². The molecule has 0 spiro atoms. The molecular formula is C21H20ClFN2O2S2. The van der Waals surface area contributed by atoms with Crippen LogP contribution in [0.25, 0.3) is 11.3 Å². The molecule has 0 radical (unpaired) electrons. The van der Waals surface area contributed by atoms with Crippen LogP contribution in [0, 0.1) is 12.7 Å². The summed E-state index contributed by atoms with van der Waals surface area (Å²) >= 11 is 7.56. The summed E-state index contributed by atoms with van der Waals surface area (Å²) in [5.74, 6) is -0.544. The Morgan fingerprint density at radius 3 is 2.59 bits per heavy atom. The van der Waals surface area contributed by atoms with E-state index in [1.807, 2.05) is 17.5 Å². The van der Waals surface area contributed by atoms with Crippen LogP contribution >= 0.6 is 22.9 Å². The minimum atomic E-state index is -3.60. The van der Waals surface area contributed by atoms with Crippen LogP contribution in [0.4, 0.5) is 9.52 Å². The highest BCUT2D eigenvalue weighted by Gasteiger charge is 2.33. The van der Waals surface area contributed by atoms with Gasteiger partial charge in [-0.1, -0.05) is 35.9 Å². The summed E-state index contributed by atoms with van der Waals surface area (Å²) in [6.07, 6.45) is 0.963. The Labute approximate surface area is 178 Å². The number of anilines is 1. The van der Waals surface area contributed by atoms with E-state index in [4.69, 9.17) is 16.6 Å². The SMILES string of the molecule is Cc1ccccc1-c1csc(N2CCC(S(=O)(=O)c3ccc(F)cc3Cl)CC2)n1. The molecule has 1 aromatic heterocycles. The number of thiazole rings is 1. The van der Waals surface area contributed by atoms with E-state index in [-0.39, 0.29) is 9.92 Å². The van der Waals surface area contributed by atoms with Gasteiger partial charge < -0.3 is 4.90 Å². The number of piperidine rings is 1. The van der Waals surface area contributed by atoms with Crippen LogP contribution in [-0.4, -0.2) is 31.7 Å². The first kappa shape index (κ1) is 20.3. The molecule has 0 saturated carbocycles. The molecule has 1 fully saturated rings. The number of sulfone groups is 1. The lowest BCUT2D eigenvalue weighted by Gasteiger charge is -2.31. The first-order chi connectivity index (χ1) is 13.9. The van der Waals surface area contributed by atoms with E-state index in [2.05, 4.69) is 24.0 Å². The first-order valence-corrected chi connectivity index (χ1v) is 12.1. The lowest BCUT2D eigenvalue weighted by atomic mass is 10.1. The summed E-state index contributed by atoms with van der Waals surface area (Å²) in [5, 5.41) is 2.35. The maximum Gasteiger partial charge on any atom is 0.185 e. The average molecular weight is 451 g/mol. The van der Waals surface area contributed by atoms with Gasteiger partial charge in [-0.2, -0.15) is 0 Å². The molecule has 0 aliphatic carbocycles. The Balaban J connectivity index is 1.48. The molecule has 1 aliphatic heterocycles. The molecule has 2 heterocycles. The Morgan fingerprint density at radius 2 is 1.90 bits per heavy atom. The molecule has 0 atom stereocenters. The van der Waals surface area contributed by atoms with Crippen molar-refractivity contribution < 1.29 is 12.8 Å². The molecule has 1 aliphatic rings. The van der Waals surface area contributed by atoms with Crippen LogP contribution in [0.5, 0.6) is 0 Å². The predicted molar refractivity (Wildman–Crippen MR) is 116 cm³/mol. The van der Waals surface area contributed by atoms with Gasteiger partial charge in [-0.05, 0) is 43.5 Å². The Hall–Kier alpha value is -1.96. The van der Waals surface area contributed by atoms with E-state index in [0.717, 1.165) is 28.5 Å². The average Bonchev–Trinajstić information content (AvgIpc) is 3.18. The summed E-state index contributed by atoms with van der Waals surface area (Å²) in [7, 11) is -3.60. The Morgan fingerprint density at radius 1 is 1.17 bits per heavy atom. The number of nitrogens with zero attached hydrogens (tertiary/aromatic N) is 2. The number of benzene rings is 2. The molecule has 152 valence electrons. The second-order valence-electron chi connectivity index (χ2n) is 7.14. The quantitative estimate of drug-likeness (QED) is 0.502. The molecule has 4 nitrogen and oxygen atoms in total. The minimum Gasteiger partial charge on any atom is -0.348 e. The van der Waals surface area contributed by atoms with Crippen molar-refractivity contribution in [2.24, 2.45) is 0 Å². The van der Waals surface area contributed by atoms with E-state index in [0.29, 0.717) is 25.9 Å². The van der Waals surface area contributed by atoms with Crippen molar-refractivity contribution in [2.75, 3.05) is 18.0 Å². The van der Waals surface area contributed by atoms with Gasteiger partial charge in [0.25, 0.3) is 0 Å². The Kier molecular flexibility index (Phi) is 5.64. The molecule has 3 aromatic rings. The molecule has 0 unspecified atom stereocenters. The van der Waals surface area contributed by atoms with Crippen molar-refractivity contribution in [3.63, 3.8) is 0 Å². The highest BCUT2D eigenvalue weighted by atomic mass is 35.5. The second kappa shape index (κ2) is 8.05. The zero-order valence-corrected chi connectivity index (χ0v) is 18.2. The number of rotatable bonds is 4. The van der Waals surface area contributed by atoms with Crippen LogP contribution < -0.4 is 4.90 Å². The van der Waals surface area contributed by atoms with Gasteiger partial charge in [0.15, 0.2) is 15.0 Å². The molecular weight excluding hydrogens is 431 g/mol. The summed E-state index contributed by atoms with van der Waals surface area (Å²) in [4.78, 5) is 6.91. The smallest absolute Gasteiger partial charge is 0.185 e. The molecule has 4 rings (SSSR count). The van der Waals surface area contributed by atoms with Gasteiger partial charge in [-0.25, -0.2) is 17.8 Å². The fourth-order valence-electron chi connectivity index (χ4n) is 3.64. The molecule has 0 N–H and O–H groups in total. The summed E-state index contributed by atoms with van der Waals surface area (Å²) in [6, 6.07) is 11.6. The van der Waals surface area contributed by atoms with Gasteiger partial charge in [-0.3, -0.25) is 0 Å². The third-order valence-electron chi connectivity index (χ3n) is 5.26. The van der Waals surface area contributed by atoms with Crippen LogP contribution in [-0.2, 0) is 9.84 Å². The highest BCUT2D eigenvalue weighted by Crippen LogP contribution is 2.34. The van der Waals surface area contributed by atoms with Crippen LogP contribution in [0.2, 0.25) is 5.02 Å². The van der Waals surface area contributed by atoms with Gasteiger partial charge in [0.2, 0.25) is 0 Å². The van der Waals surface area contributed by atoms with E-state index < -0.39 is 20.9 Å². The maximum atomic E-state index is 13.3. The highest BCUT2D eigenvalue weighted by molar-refractivity contribution is 7.92. The van der Waals surface area contributed by atoms with E-state index in [9.17, 15) is 12.8 Å². The fraction of sp³-hybridized carbons (Fsp3) is 0.286. The van der Waals surface area contributed by atoms with Gasteiger partial charge in [0.05, 0.1) is 20.9 Å². The van der Waals surface area contributed by atoms with Crippen molar-refractivity contribution in [1.82, 2.24) is 4.98 Å². The number of aryl methyl sites for hydroxylation is 1. The topological polar surface area (TPSA) is 50.3 Å². The zero-order valence-electron chi connectivity index (χ0n) is 15.8. The van der Waals surface area contributed by atoms with E-state index in [1.165, 1.54) is 11.6 Å². The van der Waals surface area contributed by atoms with Gasteiger partial charge in [-0.15, -0.1) is 11.3 Å². The van der Waals surface area contributed by atoms with E-state index in [1.54, 1.807) is 11.3 Å². The van der Waals surface area contributed by atoms with Crippen LogP contribution in [0.3, 0.4) is 0 Å².